The van der Waals surface area contributed by atoms with Gasteiger partial charge < -0.3 is 14.5 Å². The van der Waals surface area contributed by atoms with E-state index in [0.717, 1.165) is 27.9 Å². The number of para-hydroxylation sites is 1. The fourth-order valence-electron chi connectivity index (χ4n) is 3.28. The quantitative estimate of drug-likeness (QED) is 0.714. The van der Waals surface area contributed by atoms with Crippen molar-refractivity contribution in [2.45, 2.75) is 26.4 Å². The summed E-state index contributed by atoms with van der Waals surface area (Å²) in [5.41, 5.74) is 3.65. The molecule has 4 heteroatoms. The van der Waals surface area contributed by atoms with E-state index in [1.165, 1.54) is 17.7 Å². The number of aromatic nitrogens is 1. The highest BCUT2D eigenvalue weighted by Crippen LogP contribution is 2.40. The minimum absolute atomic E-state index is 0.197. The molecule has 2 aromatic carbocycles. The standard InChI is InChI=1S/C20H19NO3/c1-12-10-16-14-6-4-5-7-17(14)21-18(16)15-8-9-20(3,24-19(12)15)11-23-13(2)22/h4-10,21H,11H2,1-3H3/t20-/m0/s1. The molecule has 2 heterocycles. The van der Waals surface area contributed by atoms with Crippen LogP contribution in [0.5, 0.6) is 5.75 Å². The molecule has 1 aliphatic heterocycles. The number of nitrogens with one attached hydrogen (secondary N) is 1. The first kappa shape index (κ1) is 14.8. The second kappa shape index (κ2) is 5.13. The Labute approximate surface area is 140 Å². The monoisotopic (exact) mass is 321 g/mol. The van der Waals surface area contributed by atoms with E-state index in [1.807, 2.05) is 32.1 Å². The van der Waals surface area contributed by atoms with E-state index in [1.54, 1.807) is 0 Å². The van der Waals surface area contributed by atoms with E-state index in [4.69, 9.17) is 9.47 Å². The van der Waals surface area contributed by atoms with Gasteiger partial charge in [-0.1, -0.05) is 18.2 Å². The van der Waals surface area contributed by atoms with Crippen molar-refractivity contribution in [3.8, 4) is 5.75 Å². The zero-order chi connectivity index (χ0) is 16.9. The number of hydrogen-bond acceptors (Lipinski definition) is 3. The summed E-state index contributed by atoms with van der Waals surface area (Å²) >= 11 is 0. The summed E-state index contributed by atoms with van der Waals surface area (Å²) in [4.78, 5) is 14.6. The fraction of sp³-hybridized carbons (Fsp3) is 0.250. The Bertz CT molecular complexity index is 999. The van der Waals surface area contributed by atoms with E-state index >= 15 is 0 Å². The number of aromatic amines is 1. The molecule has 0 amide bonds. The average Bonchev–Trinajstić information content (AvgIpc) is 2.92. The summed E-state index contributed by atoms with van der Waals surface area (Å²) in [6.45, 7) is 5.57. The van der Waals surface area contributed by atoms with Gasteiger partial charge in [0, 0.05) is 28.8 Å². The normalized spacial score (nSPS) is 19.3. The summed E-state index contributed by atoms with van der Waals surface area (Å²) in [5, 5.41) is 2.40. The van der Waals surface area contributed by atoms with Gasteiger partial charge in [0.1, 0.15) is 12.4 Å². The Morgan fingerprint density at radius 2 is 2.08 bits per heavy atom. The van der Waals surface area contributed by atoms with Crippen LogP contribution in [-0.4, -0.2) is 23.2 Å². The van der Waals surface area contributed by atoms with Crippen LogP contribution < -0.4 is 4.74 Å². The molecule has 0 bridgehead atoms. The Morgan fingerprint density at radius 3 is 2.88 bits per heavy atom. The molecule has 0 radical (unpaired) electrons. The number of H-pyrrole nitrogens is 1. The first-order chi connectivity index (χ1) is 11.5. The minimum Gasteiger partial charge on any atom is -0.479 e. The van der Waals surface area contributed by atoms with Gasteiger partial charge in [0.15, 0.2) is 5.60 Å². The van der Waals surface area contributed by atoms with Crippen LogP contribution in [0.15, 0.2) is 36.4 Å². The van der Waals surface area contributed by atoms with Gasteiger partial charge in [-0.05, 0) is 43.7 Å². The molecule has 0 fully saturated rings. The van der Waals surface area contributed by atoms with Crippen LogP contribution in [0.25, 0.3) is 27.9 Å². The van der Waals surface area contributed by atoms with Gasteiger partial charge in [0.25, 0.3) is 0 Å². The third kappa shape index (κ3) is 2.26. The summed E-state index contributed by atoms with van der Waals surface area (Å²) in [7, 11) is 0. The predicted octanol–water partition coefficient (Wildman–Crippen LogP) is 4.36. The zero-order valence-electron chi connectivity index (χ0n) is 14.0. The zero-order valence-corrected chi connectivity index (χ0v) is 14.0. The largest absolute Gasteiger partial charge is 0.479 e. The van der Waals surface area contributed by atoms with E-state index in [9.17, 15) is 4.79 Å². The van der Waals surface area contributed by atoms with Gasteiger partial charge >= 0.3 is 5.97 Å². The lowest BCUT2D eigenvalue weighted by atomic mass is 9.96. The van der Waals surface area contributed by atoms with Crippen LogP contribution in [0.1, 0.15) is 25.0 Å². The van der Waals surface area contributed by atoms with Crippen molar-refractivity contribution in [3.05, 3.63) is 47.5 Å². The number of rotatable bonds is 2. The van der Waals surface area contributed by atoms with Gasteiger partial charge in [-0.25, -0.2) is 0 Å². The van der Waals surface area contributed by atoms with Crippen LogP contribution in [0.2, 0.25) is 0 Å². The van der Waals surface area contributed by atoms with Crippen molar-refractivity contribution < 1.29 is 14.3 Å². The van der Waals surface area contributed by atoms with Crippen molar-refractivity contribution in [3.63, 3.8) is 0 Å². The van der Waals surface area contributed by atoms with E-state index < -0.39 is 5.60 Å². The maximum Gasteiger partial charge on any atom is 0.302 e. The summed E-state index contributed by atoms with van der Waals surface area (Å²) in [6.07, 6.45) is 4.02. The lowest BCUT2D eigenvalue weighted by molar-refractivity contribution is -0.145. The molecule has 1 aliphatic rings. The number of carbonyl (C=O) groups excluding carboxylic acids is 1. The molecule has 4 nitrogen and oxygen atoms in total. The van der Waals surface area contributed by atoms with Crippen LogP contribution in [0, 0.1) is 6.92 Å². The number of ether oxygens (including phenoxy) is 2. The molecule has 0 aliphatic carbocycles. The second-order valence-electron chi connectivity index (χ2n) is 6.56. The predicted molar refractivity (Wildman–Crippen MR) is 95.2 cm³/mol. The number of aryl methyl sites for hydroxylation is 1. The first-order valence-electron chi connectivity index (χ1n) is 8.02. The third-order valence-electron chi connectivity index (χ3n) is 4.48. The fourth-order valence-corrected chi connectivity index (χ4v) is 3.28. The van der Waals surface area contributed by atoms with Gasteiger partial charge in [0.2, 0.25) is 0 Å². The highest BCUT2D eigenvalue weighted by Gasteiger charge is 2.31. The van der Waals surface area contributed by atoms with Crippen LogP contribution >= 0.6 is 0 Å². The Balaban J connectivity index is 1.86. The summed E-state index contributed by atoms with van der Waals surface area (Å²) in [5.74, 6) is 0.535. The molecular formula is C20H19NO3. The molecule has 0 unspecified atom stereocenters. The van der Waals surface area contributed by atoms with Gasteiger partial charge in [0.05, 0.1) is 5.52 Å². The lowest BCUT2D eigenvalue weighted by Gasteiger charge is -2.32. The van der Waals surface area contributed by atoms with Crippen LogP contribution in [0.3, 0.4) is 0 Å². The molecule has 4 rings (SSSR count). The average molecular weight is 321 g/mol. The smallest absolute Gasteiger partial charge is 0.302 e. The molecule has 24 heavy (non-hydrogen) atoms. The van der Waals surface area contributed by atoms with Crippen molar-refractivity contribution in [2.24, 2.45) is 0 Å². The molecule has 0 saturated heterocycles. The third-order valence-corrected chi connectivity index (χ3v) is 4.48. The van der Waals surface area contributed by atoms with Crippen molar-refractivity contribution in [2.75, 3.05) is 6.61 Å². The Kier molecular flexibility index (Phi) is 3.17. The number of esters is 1. The minimum atomic E-state index is -0.650. The second-order valence-corrected chi connectivity index (χ2v) is 6.56. The maximum atomic E-state index is 11.1. The van der Waals surface area contributed by atoms with E-state index in [2.05, 4.69) is 29.3 Å². The lowest BCUT2D eigenvalue weighted by Crippen LogP contribution is -2.38. The Hall–Kier alpha value is -2.75. The van der Waals surface area contributed by atoms with Gasteiger partial charge in [-0.15, -0.1) is 0 Å². The first-order valence-corrected chi connectivity index (χ1v) is 8.02. The molecule has 1 N–H and O–H groups in total. The van der Waals surface area contributed by atoms with Crippen molar-refractivity contribution in [1.82, 2.24) is 4.98 Å². The van der Waals surface area contributed by atoms with Crippen LogP contribution in [0.4, 0.5) is 0 Å². The number of fused-ring (bicyclic) bond motifs is 5. The highest BCUT2D eigenvalue weighted by atomic mass is 16.6. The topological polar surface area (TPSA) is 51.3 Å². The molecule has 0 spiro atoms. The summed E-state index contributed by atoms with van der Waals surface area (Å²) in [6, 6.07) is 10.4. The number of carbonyl (C=O) groups is 1. The number of benzene rings is 2. The SMILES string of the molecule is CC(=O)OC[C@]1(C)C=Cc2c(c(C)cc3c2[nH]c2ccccc23)O1. The van der Waals surface area contributed by atoms with Gasteiger partial charge in [-0.2, -0.15) is 0 Å². The molecule has 3 aromatic rings. The molecular weight excluding hydrogens is 302 g/mol. The summed E-state index contributed by atoms with van der Waals surface area (Å²) < 4.78 is 11.4. The molecule has 0 saturated carbocycles. The van der Waals surface area contributed by atoms with Crippen LogP contribution in [-0.2, 0) is 9.53 Å². The number of hydrogen-bond donors (Lipinski definition) is 1. The van der Waals surface area contributed by atoms with E-state index in [-0.39, 0.29) is 12.6 Å². The molecule has 1 atom stereocenters. The van der Waals surface area contributed by atoms with E-state index in [0.29, 0.717) is 0 Å². The van der Waals surface area contributed by atoms with Gasteiger partial charge in [-0.3, -0.25) is 4.79 Å². The molecule has 1 aromatic heterocycles. The van der Waals surface area contributed by atoms with Crippen molar-refractivity contribution >= 4 is 33.9 Å². The molecule has 122 valence electrons. The Morgan fingerprint density at radius 1 is 1.29 bits per heavy atom. The van der Waals surface area contributed by atoms with Crippen molar-refractivity contribution in [1.29, 1.82) is 0 Å². The maximum absolute atomic E-state index is 11.1. The highest BCUT2D eigenvalue weighted by molar-refractivity contribution is 6.11.